The highest BCUT2D eigenvalue weighted by atomic mass is 16.5. The van der Waals surface area contributed by atoms with Crippen LogP contribution in [-0.2, 0) is 4.74 Å². The lowest BCUT2D eigenvalue weighted by Crippen LogP contribution is -2.54. The maximum Gasteiger partial charge on any atom is 0.317 e. The maximum absolute atomic E-state index is 12.7. The molecule has 1 aromatic rings. The third kappa shape index (κ3) is 3.68. The van der Waals surface area contributed by atoms with Crippen molar-refractivity contribution in [1.29, 1.82) is 0 Å². The molecule has 4 fully saturated rings. The summed E-state index contributed by atoms with van der Waals surface area (Å²) in [4.78, 5) is 29.0. The van der Waals surface area contributed by atoms with Crippen molar-refractivity contribution in [2.24, 2.45) is 5.41 Å². The molecule has 2 aliphatic carbocycles. The van der Waals surface area contributed by atoms with Gasteiger partial charge in [0, 0.05) is 32.2 Å². The Morgan fingerprint density at radius 3 is 2.40 bits per heavy atom. The van der Waals surface area contributed by atoms with Gasteiger partial charge < -0.3 is 19.9 Å². The third-order valence-corrected chi connectivity index (χ3v) is 7.70. The summed E-state index contributed by atoms with van der Waals surface area (Å²) >= 11 is 0. The summed E-state index contributed by atoms with van der Waals surface area (Å²) in [5.41, 5.74) is 0.601. The van der Waals surface area contributed by atoms with Gasteiger partial charge >= 0.3 is 6.03 Å². The molecule has 1 unspecified atom stereocenters. The highest BCUT2D eigenvalue weighted by Crippen LogP contribution is 2.56. The fourth-order valence-electron chi connectivity index (χ4n) is 5.62. The van der Waals surface area contributed by atoms with Gasteiger partial charge in [0.1, 0.15) is 0 Å². The van der Waals surface area contributed by atoms with Crippen LogP contribution in [0.5, 0.6) is 0 Å². The van der Waals surface area contributed by atoms with Crippen molar-refractivity contribution >= 4 is 11.9 Å². The van der Waals surface area contributed by atoms with E-state index in [1.54, 1.807) is 4.90 Å². The number of urea groups is 1. The van der Waals surface area contributed by atoms with Crippen LogP contribution in [0.1, 0.15) is 67.9 Å². The van der Waals surface area contributed by atoms with E-state index in [1.165, 1.54) is 12.8 Å². The molecule has 1 spiro atoms. The molecule has 164 valence electrons. The minimum atomic E-state index is -0.0590. The number of nitrogens with zero attached hydrogens (tertiary/aromatic N) is 5. The number of hydrogen-bond acceptors (Lipinski definition) is 5. The van der Waals surface area contributed by atoms with Gasteiger partial charge in [-0.1, -0.05) is 18.1 Å². The summed E-state index contributed by atoms with van der Waals surface area (Å²) in [5, 5.41) is 11.7. The average molecular weight is 417 g/mol. The number of rotatable bonds is 3. The van der Waals surface area contributed by atoms with Crippen molar-refractivity contribution in [2.75, 3.05) is 39.4 Å². The minimum absolute atomic E-state index is 0.0590. The Morgan fingerprint density at radius 2 is 1.73 bits per heavy atom. The Bertz CT molecular complexity index is 775. The number of piperidine rings is 1. The van der Waals surface area contributed by atoms with Crippen LogP contribution in [0.2, 0.25) is 0 Å². The van der Waals surface area contributed by atoms with Gasteiger partial charge in [0.05, 0.1) is 25.5 Å². The number of aromatic nitrogens is 3. The first kappa shape index (κ1) is 19.8. The molecule has 1 N–H and O–H groups in total. The first-order valence-electron chi connectivity index (χ1n) is 11.5. The molecule has 4 aliphatic rings. The number of likely N-dealkylation sites (tertiary alicyclic amines) is 1. The van der Waals surface area contributed by atoms with Crippen LogP contribution in [0.3, 0.4) is 0 Å². The van der Waals surface area contributed by atoms with Crippen molar-refractivity contribution in [2.45, 2.75) is 63.5 Å². The summed E-state index contributed by atoms with van der Waals surface area (Å²) in [6.45, 7) is 3.97. The molecule has 0 bridgehead atoms. The van der Waals surface area contributed by atoms with Gasteiger partial charge in [0.15, 0.2) is 5.69 Å². The average Bonchev–Trinajstić information content (AvgIpc) is 3.46. The highest BCUT2D eigenvalue weighted by molar-refractivity contribution is 5.92. The van der Waals surface area contributed by atoms with Gasteiger partial charge in [-0.15, -0.1) is 5.10 Å². The molecular weight excluding hydrogens is 384 g/mol. The van der Waals surface area contributed by atoms with Crippen molar-refractivity contribution in [3.8, 4) is 0 Å². The van der Waals surface area contributed by atoms with Gasteiger partial charge in [-0.05, 0) is 43.9 Å². The Balaban J connectivity index is 1.18. The van der Waals surface area contributed by atoms with Crippen LogP contribution < -0.4 is 5.32 Å². The van der Waals surface area contributed by atoms with E-state index >= 15 is 0 Å². The first-order valence-corrected chi connectivity index (χ1v) is 11.5. The van der Waals surface area contributed by atoms with Crippen molar-refractivity contribution in [3.63, 3.8) is 0 Å². The van der Waals surface area contributed by atoms with E-state index in [-0.39, 0.29) is 23.4 Å². The van der Waals surface area contributed by atoms with Crippen LogP contribution in [-0.4, -0.2) is 82.2 Å². The summed E-state index contributed by atoms with van der Waals surface area (Å²) in [5.74, 6) is -0.0590. The molecule has 0 aromatic carbocycles. The zero-order chi connectivity index (χ0) is 20.6. The normalized spacial score (nSPS) is 26.6. The monoisotopic (exact) mass is 416 g/mol. The number of carbonyl (C=O) groups excluding carboxylic acids is 2. The molecule has 5 rings (SSSR count). The van der Waals surface area contributed by atoms with E-state index < -0.39 is 0 Å². The zero-order valence-corrected chi connectivity index (χ0v) is 17.6. The van der Waals surface area contributed by atoms with Gasteiger partial charge in [-0.25, -0.2) is 9.48 Å². The zero-order valence-electron chi connectivity index (χ0n) is 17.6. The highest BCUT2D eigenvalue weighted by Gasteiger charge is 2.50. The van der Waals surface area contributed by atoms with Crippen LogP contribution in [0.15, 0.2) is 6.20 Å². The second kappa shape index (κ2) is 8.17. The topological polar surface area (TPSA) is 92.6 Å². The Hall–Kier alpha value is -2.16. The lowest BCUT2D eigenvalue weighted by atomic mass is 9.59. The van der Waals surface area contributed by atoms with Crippen LogP contribution in [0.4, 0.5) is 4.79 Å². The second-order valence-corrected chi connectivity index (χ2v) is 9.32. The van der Waals surface area contributed by atoms with Gasteiger partial charge in [0.2, 0.25) is 0 Å². The van der Waals surface area contributed by atoms with Gasteiger partial charge in [-0.3, -0.25) is 4.79 Å². The number of hydrogen-bond donors (Lipinski definition) is 1. The van der Waals surface area contributed by atoms with Crippen molar-refractivity contribution in [1.82, 2.24) is 30.1 Å². The van der Waals surface area contributed by atoms with E-state index in [9.17, 15) is 9.59 Å². The van der Waals surface area contributed by atoms with Crippen LogP contribution in [0.25, 0.3) is 0 Å². The predicted molar refractivity (Wildman–Crippen MR) is 109 cm³/mol. The summed E-state index contributed by atoms with van der Waals surface area (Å²) < 4.78 is 7.23. The van der Waals surface area contributed by atoms with Crippen LogP contribution in [0, 0.1) is 5.41 Å². The number of ether oxygens (including phenoxy) is 1. The Morgan fingerprint density at radius 1 is 1.00 bits per heavy atom. The lowest BCUT2D eigenvalue weighted by Gasteiger charge is -2.53. The molecule has 9 heteroatoms. The largest absolute Gasteiger partial charge is 0.378 e. The molecule has 2 saturated heterocycles. The van der Waals surface area contributed by atoms with E-state index in [4.69, 9.17) is 4.74 Å². The Kier molecular flexibility index (Phi) is 5.39. The summed E-state index contributed by atoms with van der Waals surface area (Å²) in [6.07, 6.45) is 10.7. The minimum Gasteiger partial charge on any atom is -0.378 e. The predicted octanol–water partition coefficient (Wildman–Crippen LogP) is 1.82. The SMILES string of the molecule is O=C(NC1CCCC1)N1CCC2(CCC2n2cc(C(=O)N3CCOCC3)nn2)CC1. The van der Waals surface area contributed by atoms with Crippen LogP contribution >= 0.6 is 0 Å². The molecule has 2 saturated carbocycles. The Labute approximate surface area is 177 Å². The van der Waals surface area contributed by atoms with E-state index in [0.717, 1.165) is 51.6 Å². The molecule has 1 aromatic heterocycles. The van der Waals surface area contributed by atoms with Gasteiger partial charge in [0.25, 0.3) is 5.91 Å². The standard InChI is InChI=1S/C21H32N6O3/c28-19(25-11-13-30-14-12-25)17-15-27(24-23-17)18-5-6-21(18)7-9-26(10-8-21)20(29)22-16-3-1-2-4-16/h15-16,18H,1-14H2,(H,22,29). The van der Waals surface area contributed by atoms with E-state index in [0.29, 0.717) is 38.0 Å². The van der Waals surface area contributed by atoms with E-state index in [1.807, 2.05) is 15.8 Å². The molecule has 3 heterocycles. The second-order valence-electron chi connectivity index (χ2n) is 9.32. The summed E-state index contributed by atoms with van der Waals surface area (Å²) in [7, 11) is 0. The molecule has 2 aliphatic heterocycles. The smallest absolute Gasteiger partial charge is 0.317 e. The molecule has 3 amide bonds. The number of carbonyl (C=O) groups is 2. The number of amides is 3. The van der Waals surface area contributed by atoms with Crippen molar-refractivity contribution in [3.05, 3.63) is 11.9 Å². The van der Waals surface area contributed by atoms with Gasteiger partial charge in [-0.2, -0.15) is 0 Å². The molecular formula is C21H32N6O3. The first-order chi connectivity index (χ1) is 14.6. The number of morpholine rings is 1. The fraction of sp³-hybridized carbons (Fsp3) is 0.810. The molecule has 9 nitrogen and oxygen atoms in total. The number of nitrogens with one attached hydrogen (secondary N) is 1. The molecule has 30 heavy (non-hydrogen) atoms. The van der Waals surface area contributed by atoms with Crippen molar-refractivity contribution < 1.29 is 14.3 Å². The fourth-order valence-corrected chi connectivity index (χ4v) is 5.62. The van der Waals surface area contributed by atoms with E-state index in [2.05, 4.69) is 15.6 Å². The lowest BCUT2D eigenvalue weighted by molar-refractivity contribution is -0.0230. The summed E-state index contributed by atoms with van der Waals surface area (Å²) in [6, 6.07) is 0.741. The molecule has 0 radical (unpaired) electrons. The molecule has 1 atom stereocenters. The quantitative estimate of drug-likeness (QED) is 0.811. The maximum atomic E-state index is 12.7. The third-order valence-electron chi connectivity index (χ3n) is 7.70.